The molecule has 1 heterocycles. The second-order valence-electron chi connectivity index (χ2n) is 5.25. The maximum Gasteiger partial charge on any atom is 0.258 e. The number of aromatic nitrogens is 2. The monoisotopic (exact) mass is 313 g/mol. The van der Waals surface area contributed by atoms with Crippen molar-refractivity contribution in [2.45, 2.75) is 50.7 Å². The zero-order chi connectivity index (χ0) is 15.2. The van der Waals surface area contributed by atoms with Gasteiger partial charge in [-0.1, -0.05) is 12.8 Å². The molecule has 1 aromatic rings. The lowest BCUT2D eigenvalue weighted by Gasteiger charge is -2.23. The van der Waals surface area contributed by atoms with Gasteiger partial charge in [-0.3, -0.25) is 4.79 Å². The van der Waals surface area contributed by atoms with Crippen molar-refractivity contribution in [3.05, 3.63) is 17.0 Å². The smallest absolute Gasteiger partial charge is 0.258 e. The molecule has 1 aliphatic carbocycles. The third-order valence-electron chi connectivity index (χ3n) is 3.69. The maximum absolute atomic E-state index is 12.3. The Morgan fingerprint density at radius 3 is 2.90 bits per heavy atom. The first-order valence-corrected chi connectivity index (χ1v) is 7.53. The Morgan fingerprint density at radius 1 is 1.38 bits per heavy atom. The second-order valence-corrected chi connectivity index (χ2v) is 5.59. The van der Waals surface area contributed by atoms with Gasteiger partial charge in [-0.15, -0.1) is 0 Å². The SMILES string of the molecule is COc1nc(Cl)ncc1C(=O)N[C@@H]1CCCC[C@H](O)CC1. The summed E-state index contributed by atoms with van der Waals surface area (Å²) in [4.78, 5) is 20.0. The summed E-state index contributed by atoms with van der Waals surface area (Å²) in [6.07, 6.45) is 6.31. The Balaban J connectivity index is 2.03. The minimum absolute atomic E-state index is 0.0393. The number of aliphatic hydroxyl groups excluding tert-OH is 1. The quantitative estimate of drug-likeness (QED) is 0.833. The van der Waals surface area contributed by atoms with E-state index in [1.165, 1.54) is 13.3 Å². The standard InChI is InChI=1S/C14H20ClN3O3/c1-21-13-11(8-16-14(15)18-13)12(20)17-9-4-2-3-5-10(19)7-6-9/h8-10,19H,2-7H2,1H3,(H,17,20)/t9-,10+/m1/s1. The summed E-state index contributed by atoms with van der Waals surface area (Å²) >= 11 is 5.69. The third-order valence-corrected chi connectivity index (χ3v) is 3.87. The van der Waals surface area contributed by atoms with E-state index >= 15 is 0 Å². The minimum atomic E-state index is -0.274. The number of carbonyl (C=O) groups excluding carboxylic acids is 1. The molecule has 1 saturated carbocycles. The molecule has 116 valence electrons. The van der Waals surface area contributed by atoms with Crippen molar-refractivity contribution in [2.24, 2.45) is 0 Å². The van der Waals surface area contributed by atoms with Gasteiger partial charge in [0.2, 0.25) is 11.2 Å². The van der Waals surface area contributed by atoms with E-state index in [9.17, 15) is 9.90 Å². The summed E-state index contributed by atoms with van der Waals surface area (Å²) in [6.45, 7) is 0. The molecule has 0 bridgehead atoms. The van der Waals surface area contributed by atoms with E-state index in [1.54, 1.807) is 0 Å². The number of nitrogens with zero attached hydrogens (tertiary/aromatic N) is 2. The van der Waals surface area contributed by atoms with E-state index in [4.69, 9.17) is 16.3 Å². The third kappa shape index (κ3) is 4.54. The van der Waals surface area contributed by atoms with Crippen molar-refractivity contribution >= 4 is 17.5 Å². The Hall–Kier alpha value is -1.40. The molecule has 1 aromatic heterocycles. The summed E-state index contributed by atoms with van der Waals surface area (Å²) in [5.74, 6) is -0.109. The van der Waals surface area contributed by atoms with Crippen LogP contribution >= 0.6 is 11.6 Å². The Kier molecular flexibility index (Phi) is 5.76. The van der Waals surface area contributed by atoms with E-state index in [2.05, 4.69) is 15.3 Å². The first-order chi connectivity index (χ1) is 10.1. The highest BCUT2D eigenvalue weighted by atomic mass is 35.5. The predicted molar refractivity (Wildman–Crippen MR) is 78.6 cm³/mol. The molecule has 0 unspecified atom stereocenters. The Labute approximate surface area is 128 Å². The number of methoxy groups -OCH3 is 1. The average molecular weight is 314 g/mol. The molecule has 1 aliphatic rings. The molecule has 21 heavy (non-hydrogen) atoms. The molecule has 2 rings (SSSR count). The molecule has 1 amide bonds. The van der Waals surface area contributed by atoms with Crippen LogP contribution in [0.15, 0.2) is 6.20 Å². The molecular weight excluding hydrogens is 294 g/mol. The van der Waals surface area contributed by atoms with Crippen molar-refractivity contribution in [1.29, 1.82) is 0 Å². The van der Waals surface area contributed by atoms with Gasteiger partial charge in [-0.05, 0) is 37.3 Å². The molecule has 7 heteroatoms. The zero-order valence-corrected chi connectivity index (χ0v) is 12.8. The van der Waals surface area contributed by atoms with Gasteiger partial charge in [-0.25, -0.2) is 4.98 Å². The highest BCUT2D eigenvalue weighted by molar-refractivity contribution is 6.28. The van der Waals surface area contributed by atoms with E-state index in [0.717, 1.165) is 32.1 Å². The van der Waals surface area contributed by atoms with Gasteiger partial charge < -0.3 is 15.2 Å². The van der Waals surface area contributed by atoms with Gasteiger partial charge >= 0.3 is 0 Å². The summed E-state index contributed by atoms with van der Waals surface area (Å²) in [6, 6.07) is 0.0489. The minimum Gasteiger partial charge on any atom is -0.480 e. The number of aliphatic hydroxyl groups is 1. The van der Waals surface area contributed by atoms with Crippen LogP contribution in [0.1, 0.15) is 48.9 Å². The van der Waals surface area contributed by atoms with Crippen LogP contribution in [0.5, 0.6) is 5.88 Å². The summed E-state index contributed by atoms with van der Waals surface area (Å²) in [5.41, 5.74) is 0.268. The van der Waals surface area contributed by atoms with Crippen molar-refractivity contribution in [1.82, 2.24) is 15.3 Å². The molecule has 2 atom stereocenters. The number of halogens is 1. The topological polar surface area (TPSA) is 84.3 Å². The fourth-order valence-electron chi connectivity index (χ4n) is 2.52. The first kappa shape index (κ1) is 16.0. The van der Waals surface area contributed by atoms with Crippen LogP contribution < -0.4 is 10.1 Å². The highest BCUT2D eigenvalue weighted by Gasteiger charge is 2.21. The van der Waals surface area contributed by atoms with Crippen molar-refractivity contribution in [3.8, 4) is 5.88 Å². The molecule has 0 spiro atoms. The van der Waals surface area contributed by atoms with Crippen LogP contribution in [0.2, 0.25) is 5.28 Å². The van der Waals surface area contributed by atoms with Crippen LogP contribution in [-0.2, 0) is 0 Å². The van der Waals surface area contributed by atoms with Crippen LogP contribution in [0.4, 0.5) is 0 Å². The molecule has 1 fully saturated rings. The molecular formula is C14H20ClN3O3. The number of hydrogen-bond donors (Lipinski definition) is 2. The van der Waals surface area contributed by atoms with E-state index in [0.29, 0.717) is 6.42 Å². The van der Waals surface area contributed by atoms with Crippen molar-refractivity contribution in [2.75, 3.05) is 7.11 Å². The van der Waals surface area contributed by atoms with Crippen LogP contribution in [-0.4, -0.2) is 40.2 Å². The Morgan fingerprint density at radius 2 is 2.14 bits per heavy atom. The van der Waals surface area contributed by atoms with Gasteiger partial charge in [0.15, 0.2) is 0 Å². The second kappa shape index (κ2) is 7.56. The molecule has 6 nitrogen and oxygen atoms in total. The first-order valence-electron chi connectivity index (χ1n) is 7.15. The summed E-state index contributed by atoms with van der Waals surface area (Å²) < 4.78 is 5.06. The number of amides is 1. The number of nitrogens with one attached hydrogen (secondary N) is 1. The maximum atomic E-state index is 12.3. The van der Waals surface area contributed by atoms with Crippen molar-refractivity contribution < 1.29 is 14.6 Å². The lowest BCUT2D eigenvalue weighted by atomic mass is 9.95. The number of carbonyl (C=O) groups is 1. The molecule has 0 aromatic carbocycles. The molecule has 2 N–H and O–H groups in total. The normalized spacial score (nSPS) is 23.0. The number of ether oxygens (including phenoxy) is 1. The van der Waals surface area contributed by atoms with Gasteiger partial charge in [0, 0.05) is 12.2 Å². The van der Waals surface area contributed by atoms with E-state index < -0.39 is 0 Å². The van der Waals surface area contributed by atoms with Gasteiger partial charge in [0.1, 0.15) is 5.56 Å². The summed E-state index contributed by atoms with van der Waals surface area (Å²) in [5, 5.41) is 12.7. The van der Waals surface area contributed by atoms with Crippen LogP contribution in [0, 0.1) is 0 Å². The highest BCUT2D eigenvalue weighted by Crippen LogP contribution is 2.20. The van der Waals surface area contributed by atoms with Crippen LogP contribution in [0.3, 0.4) is 0 Å². The molecule has 0 aliphatic heterocycles. The van der Waals surface area contributed by atoms with Crippen molar-refractivity contribution in [3.63, 3.8) is 0 Å². The summed E-state index contributed by atoms with van der Waals surface area (Å²) in [7, 11) is 1.43. The fourth-order valence-corrected chi connectivity index (χ4v) is 2.64. The van der Waals surface area contributed by atoms with E-state index in [1.807, 2.05) is 0 Å². The zero-order valence-electron chi connectivity index (χ0n) is 12.0. The molecule has 0 saturated heterocycles. The average Bonchev–Trinajstić information content (AvgIpc) is 2.46. The lowest BCUT2D eigenvalue weighted by Crippen LogP contribution is -2.36. The number of hydrogen-bond acceptors (Lipinski definition) is 5. The largest absolute Gasteiger partial charge is 0.480 e. The lowest BCUT2D eigenvalue weighted by molar-refractivity contribution is 0.0906. The fraction of sp³-hybridized carbons (Fsp3) is 0.643. The Bertz CT molecular complexity index is 498. The van der Waals surface area contributed by atoms with Gasteiger partial charge in [-0.2, -0.15) is 4.98 Å². The predicted octanol–water partition coefficient (Wildman–Crippen LogP) is 1.95. The van der Waals surface area contributed by atoms with Gasteiger partial charge in [0.05, 0.1) is 13.2 Å². The van der Waals surface area contributed by atoms with Crippen LogP contribution in [0.25, 0.3) is 0 Å². The molecule has 0 radical (unpaired) electrons. The van der Waals surface area contributed by atoms with E-state index in [-0.39, 0.29) is 34.8 Å². The van der Waals surface area contributed by atoms with Gasteiger partial charge in [0.25, 0.3) is 5.91 Å². The number of rotatable bonds is 3.